The maximum absolute atomic E-state index is 12.2. The summed E-state index contributed by atoms with van der Waals surface area (Å²) in [6.07, 6.45) is 8.98. The molecule has 4 rings (SSSR count). The van der Waals surface area contributed by atoms with E-state index in [2.05, 4.69) is 13.8 Å². The van der Waals surface area contributed by atoms with Crippen LogP contribution in [-0.4, -0.2) is 23.3 Å². The van der Waals surface area contributed by atoms with Crippen molar-refractivity contribution in [1.82, 2.24) is 0 Å². The van der Waals surface area contributed by atoms with E-state index in [1.807, 2.05) is 6.08 Å². The Morgan fingerprint density at radius 1 is 1.20 bits per heavy atom. The second-order valence-corrected chi connectivity index (χ2v) is 9.76. The number of Topliss-reactive ketones (excluding diaryl/α,β-unsaturated/α-hetero) is 1. The van der Waals surface area contributed by atoms with E-state index in [0.29, 0.717) is 30.0 Å². The minimum absolute atomic E-state index is 0.0693. The maximum atomic E-state index is 12.2. The molecule has 0 aromatic carbocycles. The summed E-state index contributed by atoms with van der Waals surface area (Å²) in [6.45, 7) is 6.64. The molecular formula is C22H32O3. The zero-order valence-electron chi connectivity index (χ0n) is 15.9. The number of hydrogen-bond donors (Lipinski definition) is 1. The van der Waals surface area contributed by atoms with E-state index in [1.54, 1.807) is 6.92 Å². The summed E-state index contributed by atoms with van der Waals surface area (Å²) in [6, 6.07) is 0. The first-order chi connectivity index (χ1) is 11.8. The fourth-order valence-corrected chi connectivity index (χ4v) is 7.62. The van der Waals surface area contributed by atoms with Crippen molar-refractivity contribution < 1.29 is 14.7 Å². The molecule has 0 aromatic rings. The third-order valence-corrected chi connectivity index (χ3v) is 8.83. The van der Waals surface area contributed by atoms with Crippen LogP contribution < -0.4 is 0 Å². The molecule has 0 heterocycles. The van der Waals surface area contributed by atoms with Crippen molar-refractivity contribution in [2.24, 2.45) is 40.4 Å². The van der Waals surface area contributed by atoms with Gasteiger partial charge in [0.15, 0.2) is 5.78 Å². The van der Waals surface area contributed by atoms with E-state index in [1.165, 1.54) is 12.0 Å². The number of ketones is 2. The maximum Gasteiger partial charge on any atom is 0.155 e. The first kappa shape index (κ1) is 17.5. The molecule has 0 unspecified atom stereocenters. The van der Waals surface area contributed by atoms with Gasteiger partial charge in [0.05, 0.1) is 0 Å². The smallest absolute Gasteiger partial charge is 0.155 e. The monoisotopic (exact) mass is 344 g/mol. The van der Waals surface area contributed by atoms with Crippen molar-refractivity contribution in [2.75, 3.05) is 6.61 Å². The van der Waals surface area contributed by atoms with Gasteiger partial charge in [-0.2, -0.15) is 0 Å². The molecule has 0 radical (unpaired) electrons. The summed E-state index contributed by atoms with van der Waals surface area (Å²) in [5, 5.41) is 10.1. The molecule has 3 nitrogen and oxygen atoms in total. The quantitative estimate of drug-likeness (QED) is 0.825. The van der Waals surface area contributed by atoms with Gasteiger partial charge in [0.25, 0.3) is 0 Å². The first-order valence-corrected chi connectivity index (χ1v) is 10.2. The van der Waals surface area contributed by atoms with E-state index in [-0.39, 0.29) is 35.1 Å². The van der Waals surface area contributed by atoms with Crippen LogP contribution in [0.4, 0.5) is 0 Å². The number of rotatable bonds is 2. The molecule has 0 amide bonds. The summed E-state index contributed by atoms with van der Waals surface area (Å²) >= 11 is 0. The molecule has 3 heteroatoms. The molecule has 138 valence electrons. The first-order valence-electron chi connectivity index (χ1n) is 10.2. The molecule has 0 spiro atoms. The summed E-state index contributed by atoms with van der Waals surface area (Å²) in [4.78, 5) is 24.3. The number of carbonyl (C=O) groups is 2. The van der Waals surface area contributed by atoms with Crippen LogP contribution in [0, 0.1) is 40.4 Å². The summed E-state index contributed by atoms with van der Waals surface area (Å²) in [5.41, 5.74) is 1.45. The molecule has 25 heavy (non-hydrogen) atoms. The van der Waals surface area contributed by atoms with Gasteiger partial charge in [0.1, 0.15) is 5.78 Å². The fraction of sp³-hybridized carbons (Fsp3) is 0.818. The molecular weight excluding hydrogens is 312 g/mol. The van der Waals surface area contributed by atoms with Crippen LogP contribution in [0.1, 0.15) is 65.7 Å². The largest absolute Gasteiger partial charge is 0.396 e. The van der Waals surface area contributed by atoms with Crippen LogP contribution in [0.3, 0.4) is 0 Å². The van der Waals surface area contributed by atoms with E-state index in [4.69, 9.17) is 0 Å². The number of fused-ring (bicyclic) bond motifs is 5. The molecule has 4 aliphatic rings. The molecule has 7 atom stereocenters. The van der Waals surface area contributed by atoms with Crippen molar-refractivity contribution in [3.05, 3.63) is 11.6 Å². The SMILES string of the molecule is CC(=O)[C@H]1CC[C@H]2[C@@H]3C[C@H](CO)C4=CC(=O)CC[C@]4(C)[C@H]3CC[C@]12C. The van der Waals surface area contributed by atoms with E-state index in [0.717, 1.165) is 32.1 Å². The lowest BCUT2D eigenvalue weighted by Crippen LogP contribution is -2.53. The second-order valence-electron chi connectivity index (χ2n) is 9.76. The second kappa shape index (κ2) is 5.77. The van der Waals surface area contributed by atoms with E-state index < -0.39 is 0 Å². The van der Waals surface area contributed by atoms with Gasteiger partial charge >= 0.3 is 0 Å². The third-order valence-electron chi connectivity index (χ3n) is 8.83. The molecule has 3 saturated carbocycles. The van der Waals surface area contributed by atoms with Crippen molar-refractivity contribution in [2.45, 2.75) is 65.7 Å². The highest BCUT2D eigenvalue weighted by Gasteiger charge is 2.61. The van der Waals surface area contributed by atoms with Crippen molar-refractivity contribution in [3.63, 3.8) is 0 Å². The van der Waals surface area contributed by atoms with Gasteiger partial charge in [0, 0.05) is 24.9 Å². The standard InChI is InChI=1S/C22H32O3/c1-13(24)17-4-5-18-16-10-14(12-23)20-11-15(25)6-8-22(20,3)19(16)7-9-21(17,18)2/h11,14,16-19,23H,4-10,12H2,1-3H3/t14-,16+,17-,18+,19+,21-,22-/m1/s1. The highest BCUT2D eigenvalue weighted by atomic mass is 16.3. The third kappa shape index (κ3) is 2.34. The Bertz CT molecular complexity index is 635. The van der Waals surface area contributed by atoms with Gasteiger partial charge in [-0.3, -0.25) is 9.59 Å². The lowest BCUT2D eigenvalue weighted by atomic mass is 9.45. The Morgan fingerprint density at radius 2 is 1.96 bits per heavy atom. The predicted molar refractivity (Wildman–Crippen MR) is 96.8 cm³/mol. The Hall–Kier alpha value is -0.960. The van der Waals surface area contributed by atoms with Gasteiger partial charge in [-0.25, -0.2) is 0 Å². The minimum atomic E-state index is 0.0693. The zero-order valence-corrected chi connectivity index (χ0v) is 15.9. The average molecular weight is 344 g/mol. The van der Waals surface area contributed by atoms with E-state index in [9.17, 15) is 14.7 Å². The van der Waals surface area contributed by atoms with Gasteiger partial charge in [0.2, 0.25) is 0 Å². The number of hydrogen-bond acceptors (Lipinski definition) is 3. The zero-order chi connectivity index (χ0) is 18.0. The lowest BCUT2D eigenvalue weighted by molar-refractivity contribution is -0.129. The Balaban J connectivity index is 1.72. The molecule has 0 saturated heterocycles. The molecule has 3 fully saturated rings. The Morgan fingerprint density at radius 3 is 2.64 bits per heavy atom. The Kier molecular flexibility index (Phi) is 4.03. The lowest BCUT2D eigenvalue weighted by Gasteiger charge is -2.59. The molecule has 0 aromatic heterocycles. The molecule has 4 aliphatic carbocycles. The summed E-state index contributed by atoms with van der Waals surface area (Å²) in [7, 11) is 0. The van der Waals surface area contributed by atoms with Crippen molar-refractivity contribution in [3.8, 4) is 0 Å². The van der Waals surface area contributed by atoms with Crippen LogP contribution in [-0.2, 0) is 9.59 Å². The van der Waals surface area contributed by atoms with Gasteiger partial charge < -0.3 is 5.11 Å². The highest BCUT2D eigenvalue weighted by molar-refractivity contribution is 5.91. The van der Waals surface area contributed by atoms with Crippen LogP contribution in [0.15, 0.2) is 11.6 Å². The van der Waals surface area contributed by atoms with Crippen molar-refractivity contribution >= 4 is 11.6 Å². The molecule has 0 bridgehead atoms. The minimum Gasteiger partial charge on any atom is -0.396 e. The number of aliphatic hydroxyl groups is 1. The Labute approximate surface area is 151 Å². The predicted octanol–water partition coefficient (Wildman–Crippen LogP) is 3.94. The number of aliphatic hydroxyl groups excluding tert-OH is 1. The fourth-order valence-electron chi connectivity index (χ4n) is 7.62. The van der Waals surface area contributed by atoms with Gasteiger partial charge in [-0.05, 0) is 80.1 Å². The van der Waals surface area contributed by atoms with Crippen molar-refractivity contribution in [1.29, 1.82) is 0 Å². The molecule has 0 aliphatic heterocycles. The van der Waals surface area contributed by atoms with Crippen LogP contribution >= 0.6 is 0 Å². The average Bonchev–Trinajstić information content (AvgIpc) is 2.92. The van der Waals surface area contributed by atoms with Crippen LogP contribution in [0.25, 0.3) is 0 Å². The topological polar surface area (TPSA) is 54.4 Å². The highest BCUT2D eigenvalue weighted by Crippen LogP contribution is 2.67. The van der Waals surface area contributed by atoms with Gasteiger partial charge in [-0.1, -0.05) is 19.4 Å². The summed E-state index contributed by atoms with van der Waals surface area (Å²) in [5.74, 6) is 2.77. The van der Waals surface area contributed by atoms with Gasteiger partial charge in [-0.15, -0.1) is 0 Å². The van der Waals surface area contributed by atoms with Crippen LogP contribution in [0.5, 0.6) is 0 Å². The van der Waals surface area contributed by atoms with E-state index >= 15 is 0 Å². The normalized spacial score (nSPS) is 49.0. The number of carbonyl (C=O) groups excluding carboxylic acids is 2. The summed E-state index contributed by atoms with van der Waals surface area (Å²) < 4.78 is 0. The van der Waals surface area contributed by atoms with Crippen LogP contribution in [0.2, 0.25) is 0 Å². The molecule has 1 N–H and O–H groups in total.